The van der Waals surface area contributed by atoms with Gasteiger partial charge in [0.05, 0.1) is 14.2 Å². The van der Waals surface area contributed by atoms with Gasteiger partial charge < -0.3 is 9.47 Å². The number of ether oxygens (including phenoxy) is 2. The summed E-state index contributed by atoms with van der Waals surface area (Å²) in [5.74, 6) is -1.68. The molecule has 4 heteroatoms. The molecule has 0 fully saturated rings. The molecule has 3 aliphatic rings. The van der Waals surface area contributed by atoms with E-state index in [1.54, 1.807) is 0 Å². The quantitative estimate of drug-likeness (QED) is 0.448. The zero-order valence-corrected chi connectivity index (χ0v) is 11.6. The van der Waals surface area contributed by atoms with Gasteiger partial charge in [0.1, 0.15) is 0 Å². The number of allylic oxidation sites excluding steroid dienone is 8. The van der Waals surface area contributed by atoms with Crippen LogP contribution in [0.4, 0.5) is 0 Å². The summed E-state index contributed by atoms with van der Waals surface area (Å²) in [5, 5.41) is 0. The summed E-state index contributed by atoms with van der Waals surface area (Å²) in [4.78, 5) is 23.5. The Kier molecular flexibility index (Phi) is 4.56. The van der Waals surface area contributed by atoms with Crippen LogP contribution in [0.5, 0.6) is 0 Å². The highest BCUT2D eigenvalue weighted by Crippen LogP contribution is 2.31. The van der Waals surface area contributed by atoms with Crippen molar-refractivity contribution < 1.29 is 19.1 Å². The fraction of sp³-hybridized carbons (Fsp3) is 0.375. The second-order valence-electron chi connectivity index (χ2n) is 4.80. The zero-order chi connectivity index (χ0) is 14.5. The molecule has 2 atom stereocenters. The Labute approximate surface area is 118 Å². The number of esters is 2. The maximum atomic E-state index is 11.7. The summed E-state index contributed by atoms with van der Waals surface area (Å²) in [7, 11) is 2.55. The number of hydrogen-bond donors (Lipinski definition) is 0. The minimum atomic E-state index is -0.900. The van der Waals surface area contributed by atoms with Crippen LogP contribution in [0.2, 0.25) is 0 Å². The first-order valence-electron chi connectivity index (χ1n) is 6.55. The van der Waals surface area contributed by atoms with Crippen molar-refractivity contribution in [1.29, 1.82) is 0 Å². The fourth-order valence-corrected chi connectivity index (χ4v) is 2.46. The van der Waals surface area contributed by atoms with E-state index in [2.05, 4.69) is 24.3 Å². The Morgan fingerprint density at radius 3 is 2.35 bits per heavy atom. The standard InChI is InChI=1S/C16H18O4/c1-19-15(17)14(16(18)20-2)10-13-9-11-5-3-4-6-12(13)8-7-11/h3-9,11-12,14H,10H2,1-2H3/b5-3-,6-4-/t11-,12+/m0/s1. The molecule has 0 spiro atoms. The van der Waals surface area contributed by atoms with Crippen molar-refractivity contribution in [2.24, 2.45) is 17.8 Å². The topological polar surface area (TPSA) is 52.6 Å². The van der Waals surface area contributed by atoms with E-state index in [-0.39, 0.29) is 11.8 Å². The summed E-state index contributed by atoms with van der Waals surface area (Å²) in [6.07, 6.45) is 14.7. The number of methoxy groups -OCH3 is 2. The molecule has 2 bridgehead atoms. The van der Waals surface area contributed by atoms with Crippen molar-refractivity contribution in [3.63, 3.8) is 0 Å². The van der Waals surface area contributed by atoms with Crippen LogP contribution >= 0.6 is 0 Å². The largest absolute Gasteiger partial charge is 0.468 e. The predicted octanol–water partition coefficient (Wildman–Crippen LogP) is 2.19. The number of rotatable bonds is 4. The maximum absolute atomic E-state index is 11.7. The number of fused-ring (bicyclic) bond motifs is 1. The molecule has 0 aromatic heterocycles. The van der Waals surface area contributed by atoms with Crippen molar-refractivity contribution >= 4 is 11.9 Å². The molecule has 0 radical (unpaired) electrons. The third-order valence-electron chi connectivity index (χ3n) is 3.55. The van der Waals surface area contributed by atoms with Gasteiger partial charge in [0.25, 0.3) is 0 Å². The van der Waals surface area contributed by atoms with Gasteiger partial charge in [-0.25, -0.2) is 0 Å². The van der Waals surface area contributed by atoms with Crippen LogP contribution in [0, 0.1) is 17.8 Å². The predicted molar refractivity (Wildman–Crippen MR) is 74.6 cm³/mol. The smallest absolute Gasteiger partial charge is 0.320 e. The van der Waals surface area contributed by atoms with Crippen molar-refractivity contribution in [1.82, 2.24) is 0 Å². The van der Waals surface area contributed by atoms with Crippen LogP contribution in [0.3, 0.4) is 0 Å². The molecule has 0 amide bonds. The highest BCUT2D eigenvalue weighted by Gasteiger charge is 2.31. The molecule has 20 heavy (non-hydrogen) atoms. The van der Waals surface area contributed by atoms with Crippen LogP contribution < -0.4 is 0 Å². The van der Waals surface area contributed by atoms with Crippen LogP contribution in [0.1, 0.15) is 6.42 Å². The summed E-state index contributed by atoms with van der Waals surface area (Å²) < 4.78 is 9.39. The molecule has 4 nitrogen and oxygen atoms in total. The average molecular weight is 274 g/mol. The molecular weight excluding hydrogens is 256 g/mol. The molecule has 3 aliphatic carbocycles. The Bertz CT molecular complexity index is 495. The molecule has 0 saturated heterocycles. The maximum Gasteiger partial charge on any atom is 0.320 e. The Morgan fingerprint density at radius 1 is 1.05 bits per heavy atom. The molecular formula is C16H18O4. The molecule has 0 aliphatic heterocycles. The fourth-order valence-electron chi connectivity index (χ4n) is 2.46. The zero-order valence-electron chi connectivity index (χ0n) is 11.6. The molecule has 0 unspecified atom stereocenters. The van der Waals surface area contributed by atoms with E-state index in [0.717, 1.165) is 5.57 Å². The summed E-state index contributed by atoms with van der Waals surface area (Å²) in [5.41, 5.74) is 1.04. The van der Waals surface area contributed by atoms with Crippen LogP contribution in [0.25, 0.3) is 0 Å². The van der Waals surface area contributed by atoms with Crippen molar-refractivity contribution in [2.45, 2.75) is 6.42 Å². The normalized spacial score (nSPS) is 26.4. The average Bonchev–Trinajstić information content (AvgIpc) is 2.44. The van der Waals surface area contributed by atoms with Gasteiger partial charge in [-0.3, -0.25) is 9.59 Å². The van der Waals surface area contributed by atoms with E-state index in [0.29, 0.717) is 6.42 Å². The summed E-state index contributed by atoms with van der Waals surface area (Å²) in [6.45, 7) is 0. The number of carbonyl (C=O) groups excluding carboxylic acids is 2. The molecule has 3 rings (SSSR count). The van der Waals surface area contributed by atoms with Crippen molar-refractivity contribution in [3.8, 4) is 0 Å². The summed E-state index contributed by atoms with van der Waals surface area (Å²) >= 11 is 0. The third kappa shape index (κ3) is 3.07. The first-order chi connectivity index (χ1) is 9.65. The van der Waals surface area contributed by atoms with Gasteiger partial charge in [-0.15, -0.1) is 0 Å². The van der Waals surface area contributed by atoms with E-state index in [1.165, 1.54) is 14.2 Å². The van der Waals surface area contributed by atoms with E-state index >= 15 is 0 Å². The monoisotopic (exact) mass is 274 g/mol. The number of hydrogen-bond acceptors (Lipinski definition) is 4. The van der Waals surface area contributed by atoms with E-state index in [4.69, 9.17) is 9.47 Å². The Morgan fingerprint density at radius 2 is 1.70 bits per heavy atom. The van der Waals surface area contributed by atoms with Crippen LogP contribution in [-0.2, 0) is 19.1 Å². The van der Waals surface area contributed by atoms with Gasteiger partial charge in [-0.2, -0.15) is 0 Å². The number of carbonyl (C=O) groups is 2. The third-order valence-corrected chi connectivity index (χ3v) is 3.55. The molecule has 0 N–H and O–H groups in total. The minimum absolute atomic E-state index is 0.119. The lowest BCUT2D eigenvalue weighted by molar-refractivity contribution is -0.158. The van der Waals surface area contributed by atoms with Crippen LogP contribution in [-0.4, -0.2) is 26.2 Å². The van der Waals surface area contributed by atoms with Gasteiger partial charge in [-0.05, 0) is 6.42 Å². The van der Waals surface area contributed by atoms with Gasteiger partial charge in [0.15, 0.2) is 5.92 Å². The molecule has 0 aromatic rings. The van der Waals surface area contributed by atoms with Gasteiger partial charge in [0, 0.05) is 11.8 Å². The van der Waals surface area contributed by atoms with Gasteiger partial charge in [0.2, 0.25) is 0 Å². The Balaban J connectivity index is 2.21. The first-order valence-corrected chi connectivity index (χ1v) is 6.55. The lowest BCUT2D eigenvalue weighted by Gasteiger charge is -2.24. The SMILES string of the molecule is COC(=O)C(CC1=C[C@@H]2C=C[C@H]1/C=C\C=C/2)C(=O)OC. The second kappa shape index (κ2) is 6.37. The molecule has 0 aromatic carbocycles. The van der Waals surface area contributed by atoms with Gasteiger partial charge in [-0.1, -0.05) is 48.1 Å². The molecule has 106 valence electrons. The van der Waals surface area contributed by atoms with Crippen molar-refractivity contribution in [3.05, 3.63) is 48.1 Å². The molecule has 0 saturated carbocycles. The first kappa shape index (κ1) is 14.3. The molecule has 0 heterocycles. The lowest BCUT2D eigenvalue weighted by Crippen LogP contribution is -2.28. The Hall–Kier alpha value is -2.10. The highest BCUT2D eigenvalue weighted by atomic mass is 16.5. The van der Waals surface area contributed by atoms with Crippen LogP contribution in [0.15, 0.2) is 48.1 Å². The minimum Gasteiger partial charge on any atom is -0.468 e. The highest BCUT2D eigenvalue weighted by molar-refractivity contribution is 5.95. The van der Waals surface area contributed by atoms with E-state index < -0.39 is 17.9 Å². The van der Waals surface area contributed by atoms with E-state index in [1.807, 2.05) is 18.2 Å². The van der Waals surface area contributed by atoms with Crippen molar-refractivity contribution in [2.75, 3.05) is 14.2 Å². The second-order valence-corrected chi connectivity index (χ2v) is 4.80. The van der Waals surface area contributed by atoms with E-state index in [9.17, 15) is 9.59 Å². The lowest BCUT2D eigenvalue weighted by atomic mass is 9.82. The summed E-state index contributed by atoms with van der Waals surface area (Å²) in [6, 6.07) is 0. The van der Waals surface area contributed by atoms with Gasteiger partial charge >= 0.3 is 11.9 Å².